The zero-order chi connectivity index (χ0) is 15.8. The second-order valence-corrected chi connectivity index (χ2v) is 4.72. The first-order valence-corrected chi connectivity index (χ1v) is 7.12. The summed E-state index contributed by atoms with van der Waals surface area (Å²) in [4.78, 5) is 31.9. The molecule has 114 valence electrons. The summed E-state index contributed by atoms with van der Waals surface area (Å²) in [7, 11) is 0. The molecule has 0 bridgehead atoms. The zero-order valence-corrected chi connectivity index (χ0v) is 12.3. The Bertz CT molecular complexity index is 617. The van der Waals surface area contributed by atoms with Crippen LogP contribution in [0, 0.1) is 0 Å². The average Bonchev–Trinajstić information content (AvgIpc) is 2.59. The Hall–Kier alpha value is -2.76. The smallest absolute Gasteiger partial charge is 0.270 e. The summed E-state index contributed by atoms with van der Waals surface area (Å²) in [5, 5.41) is 5.62. The Kier molecular flexibility index (Phi) is 5.59. The van der Waals surface area contributed by atoms with Crippen LogP contribution in [0.2, 0.25) is 0 Å². The van der Waals surface area contributed by atoms with Gasteiger partial charge in [-0.3, -0.25) is 19.6 Å². The molecule has 0 saturated carbocycles. The fourth-order valence-corrected chi connectivity index (χ4v) is 1.86. The molecule has 2 N–H and O–H groups in total. The second-order valence-electron chi connectivity index (χ2n) is 4.72. The van der Waals surface area contributed by atoms with Gasteiger partial charge in [-0.25, -0.2) is 0 Å². The summed E-state index contributed by atoms with van der Waals surface area (Å²) in [6.45, 7) is 2.28. The van der Waals surface area contributed by atoms with Crippen LogP contribution in [0.5, 0.6) is 0 Å². The van der Waals surface area contributed by atoms with Crippen molar-refractivity contribution in [2.24, 2.45) is 0 Å². The minimum absolute atomic E-state index is 0.165. The van der Waals surface area contributed by atoms with Crippen LogP contribution in [0.15, 0.2) is 48.8 Å². The lowest BCUT2D eigenvalue weighted by Gasteiger charge is -2.17. The molecule has 0 aliphatic heterocycles. The van der Waals surface area contributed by atoms with E-state index in [4.69, 9.17) is 0 Å². The highest BCUT2D eigenvalue weighted by Crippen LogP contribution is 1.98. The maximum absolute atomic E-state index is 12.0. The van der Waals surface area contributed by atoms with E-state index in [0.29, 0.717) is 24.4 Å². The SMILES string of the molecule is CC[C@@H](CNC(=O)c1ccccn1)NC(=O)c1ccccn1. The van der Waals surface area contributed by atoms with Crippen molar-refractivity contribution < 1.29 is 9.59 Å². The maximum atomic E-state index is 12.0. The van der Waals surface area contributed by atoms with E-state index in [-0.39, 0.29) is 17.9 Å². The van der Waals surface area contributed by atoms with Crippen molar-refractivity contribution in [3.8, 4) is 0 Å². The van der Waals surface area contributed by atoms with Crippen molar-refractivity contribution in [3.05, 3.63) is 60.2 Å². The lowest BCUT2D eigenvalue weighted by atomic mass is 10.2. The van der Waals surface area contributed by atoms with Gasteiger partial charge < -0.3 is 10.6 Å². The summed E-state index contributed by atoms with van der Waals surface area (Å²) in [6, 6.07) is 10.1. The molecule has 1 atom stereocenters. The molecular formula is C16H18N4O2. The number of carbonyl (C=O) groups excluding carboxylic acids is 2. The topological polar surface area (TPSA) is 84.0 Å². The van der Waals surface area contributed by atoms with Crippen molar-refractivity contribution in [2.75, 3.05) is 6.54 Å². The first kappa shape index (κ1) is 15.6. The molecule has 2 aromatic heterocycles. The summed E-state index contributed by atoms with van der Waals surface area (Å²) in [5.41, 5.74) is 0.713. The highest BCUT2D eigenvalue weighted by Gasteiger charge is 2.14. The third kappa shape index (κ3) is 4.37. The van der Waals surface area contributed by atoms with Gasteiger partial charge in [-0.15, -0.1) is 0 Å². The van der Waals surface area contributed by atoms with Crippen molar-refractivity contribution in [3.63, 3.8) is 0 Å². The van der Waals surface area contributed by atoms with Crippen LogP contribution in [-0.2, 0) is 0 Å². The molecule has 6 heteroatoms. The van der Waals surface area contributed by atoms with Crippen molar-refractivity contribution >= 4 is 11.8 Å². The zero-order valence-electron chi connectivity index (χ0n) is 12.3. The molecule has 0 aliphatic carbocycles. The molecule has 0 radical (unpaired) electrons. The maximum Gasteiger partial charge on any atom is 0.270 e. The van der Waals surface area contributed by atoms with Crippen LogP contribution in [-0.4, -0.2) is 34.4 Å². The number of pyridine rings is 2. The van der Waals surface area contributed by atoms with Gasteiger partial charge in [0, 0.05) is 25.0 Å². The highest BCUT2D eigenvalue weighted by molar-refractivity contribution is 5.93. The van der Waals surface area contributed by atoms with Crippen molar-refractivity contribution in [2.45, 2.75) is 19.4 Å². The molecule has 2 amide bonds. The predicted octanol–water partition coefficient (Wildman–Crippen LogP) is 1.42. The van der Waals surface area contributed by atoms with E-state index < -0.39 is 0 Å². The monoisotopic (exact) mass is 298 g/mol. The number of nitrogens with zero attached hydrogens (tertiary/aromatic N) is 2. The molecule has 6 nitrogen and oxygen atoms in total. The molecule has 0 aromatic carbocycles. The van der Waals surface area contributed by atoms with Gasteiger partial charge in [-0.2, -0.15) is 0 Å². The number of nitrogens with one attached hydrogen (secondary N) is 2. The number of carbonyl (C=O) groups is 2. The summed E-state index contributed by atoms with van der Waals surface area (Å²) in [6.07, 6.45) is 3.83. The number of hydrogen-bond donors (Lipinski definition) is 2. The number of aromatic nitrogens is 2. The lowest BCUT2D eigenvalue weighted by Crippen LogP contribution is -2.43. The van der Waals surface area contributed by atoms with E-state index in [2.05, 4.69) is 20.6 Å². The molecule has 0 spiro atoms. The third-order valence-corrected chi connectivity index (χ3v) is 3.13. The van der Waals surface area contributed by atoms with Gasteiger partial charge in [0.25, 0.3) is 11.8 Å². The molecule has 2 aromatic rings. The van der Waals surface area contributed by atoms with E-state index in [0.717, 1.165) is 0 Å². The normalized spacial score (nSPS) is 11.5. The molecule has 0 fully saturated rings. The Balaban J connectivity index is 1.87. The third-order valence-electron chi connectivity index (χ3n) is 3.13. The average molecular weight is 298 g/mol. The fraction of sp³-hybridized carbons (Fsp3) is 0.250. The van der Waals surface area contributed by atoms with E-state index >= 15 is 0 Å². The quantitative estimate of drug-likeness (QED) is 0.844. The molecule has 2 rings (SSSR count). The van der Waals surface area contributed by atoms with Gasteiger partial charge in [-0.1, -0.05) is 19.1 Å². The molecule has 2 heterocycles. The van der Waals surface area contributed by atoms with E-state index in [1.807, 2.05) is 6.92 Å². The van der Waals surface area contributed by atoms with E-state index in [1.54, 1.807) is 48.8 Å². The van der Waals surface area contributed by atoms with Crippen LogP contribution >= 0.6 is 0 Å². The summed E-state index contributed by atoms with van der Waals surface area (Å²) >= 11 is 0. The Morgan fingerprint density at radius 3 is 2.09 bits per heavy atom. The predicted molar refractivity (Wildman–Crippen MR) is 82.4 cm³/mol. The number of amides is 2. The lowest BCUT2D eigenvalue weighted by molar-refractivity contribution is 0.0902. The van der Waals surface area contributed by atoms with Gasteiger partial charge in [0.15, 0.2) is 0 Å². The molecule has 0 aliphatic rings. The Labute approximate surface area is 129 Å². The van der Waals surface area contributed by atoms with Gasteiger partial charge >= 0.3 is 0 Å². The van der Waals surface area contributed by atoms with Crippen molar-refractivity contribution in [1.29, 1.82) is 0 Å². The Morgan fingerprint density at radius 2 is 1.59 bits per heavy atom. The van der Waals surface area contributed by atoms with Crippen LogP contribution < -0.4 is 10.6 Å². The molecule has 0 unspecified atom stereocenters. The van der Waals surface area contributed by atoms with Crippen LogP contribution in [0.1, 0.15) is 34.3 Å². The first-order chi connectivity index (χ1) is 10.7. The molecule has 0 saturated heterocycles. The number of hydrogen-bond acceptors (Lipinski definition) is 4. The fourth-order valence-electron chi connectivity index (χ4n) is 1.86. The van der Waals surface area contributed by atoms with Gasteiger partial charge in [0.1, 0.15) is 11.4 Å². The molecular weight excluding hydrogens is 280 g/mol. The standard InChI is InChI=1S/C16H18N4O2/c1-2-12(20-16(22)14-8-4-6-10-18-14)11-19-15(21)13-7-3-5-9-17-13/h3-10,12H,2,11H2,1H3,(H,19,21)(H,20,22)/t12-/m0/s1. The highest BCUT2D eigenvalue weighted by atomic mass is 16.2. The summed E-state index contributed by atoms with van der Waals surface area (Å²) in [5.74, 6) is -0.509. The molecule has 22 heavy (non-hydrogen) atoms. The van der Waals surface area contributed by atoms with Gasteiger partial charge in [-0.05, 0) is 30.7 Å². The van der Waals surface area contributed by atoms with Crippen molar-refractivity contribution in [1.82, 2.24) is 20.6 Å². The Morgan fingerprint density at radius 1 is 1.00 bits per heavy atom. The largest absolute Gasteiger partial charge is 0.349 e. The van der Waals surface area contributed by atoms with Gasteiger partial charge in [0.2, 0.25) is 0 Å². The number of rotatable bonds is 6. The van der Waals surface area contributed by atoms with Gasteiger partial charge in [0.05, 0.1) is 0 Å². The van der Waals surface area contributed by atoms with Crippen LogP contribution in [0.4, 0.5) is 0 Å². The van der Waals surface area contributed by atoms with E-state index in [1.165, 1.54) is 0 Å². The van der Waals surface area contributed by atoms with Crippen LogP contribution in [0.3, 0.4) is 0 Å². The van der Waals surface area contributed by atoms with Crippen LogP contribution in [0.25, 0.3) is 0 Å². The van der Waals surface area contributed by atoms with E-state index in [9.17, 15) is 9.59 Å². The minimum Gasteiger partial charge on any atom is -0.349 e. The summed E-state index contributed by atoms with van der Waals surface area (Å²) < 4.78 is 0. The minimum atomic E-state index is -0.258. The second kappa shape index (κ2) is 7.87. The first-order valence-electron chi connectivity index (χ1n) is 7.12.